The van der Waals surface area contributed by atoms with Gasteiger partial charge >= 0.3 is 0 Å². The van der Waals surface area contributed by atoms with Crippen molar-refractivity contribution >= 4 is 17.5 Å². The Kier molecular flexibility index (Phi) is 7.50. The molecule has 3 aromatic carbocycles. The lowest BCUT2D eigenvalue weighted by Gasteiger charge is -2.32. The third kappa shape index (κ3) is 5.57. The van der Waals surface area contributed by atoms with Crippen LogP contribution < -0.4 is 10.2 Å². The van der Waals surface area contributed by atoms with Gasteiger partial charge in [-0.25, -0.2) is 0 Å². The van der Waals surface area contributed by atoms with Crippen LogP contribution in [0.3, 0.4) is 0 Å². The standard InChI is InChI=1S/C32H27N3O4/c1-22(27-12-5-6-13-28(27)36)34-31(37)30(25-11-7-19-33-21-25)35(32(38)29-14-8-20-39-29)26-17-15-24(16-18-26)23-9-3-2-4-10-23/h2-22,30,36H,1H3,(H,34,37)/t22-,30?/m0/s1. The molecule has 5 aromatic rings. The first-order chi connectivity index (χ1) is 19.0. The zero-order chi connectivity index (χ0) is 27.2. The summed E-state index contributed by atoms with van der Waals surface area (Å²) in [5, 5.41) is 13.3. The van der Waals surface area contributed by atoms with E-state index in [4.69, 9.17) is 4.42 Å². The monoisotopic (exact) mass is 517 g/mol. The van der Waals surface area contributed by atoms with E-state index in [2.05, 4.69) is 10.3 Å². The van der Waals surface area contributed by atoms with Crippen molar-refractivity contribution in [3.8, 4) is 16.9 Å². The molecular weight excluding hydrogens is 490 g/mol. The normalized spacial score (nSPS) is 12.3. The number of furan rings is 1. The molecule has 0 bridgehead atoms. The molecule has 2 atom stereocenters. The molecule has 5 rings (SSSR count). The summed E-state index contributed by atoms with van der Waals surface area (Å²) >= 11 is 0. The van der Waals surface area contributed by atoms with Crippen LogP contribution >= 0.6 is 0 Å². The number of phenolic OH excluding ortho intramolecular Hbond substituents is 1. The number of carbonyl (C=O) groups is 2. The number of pyridine rings is 1. The number of anilines is 1. The molecule has 0 saturated heterocycles. The maximum Gasteiger partial charge on any atom is 0.294 e. The summed E-state index contributed by atoms with van der Waals surface area (Å²) in [6.45, 7) is 1.78. The van der Waals surface area contributed by atoms with Gasteiger partial charge in [-0.2, -0.15) is 0 Å². The van der Waals surface area contributed by atoms with Crippen molar-refractivity contribution in [3.63, 3.8) is 0 Å². The van der Waals surface area contributed by atoms with Crippen LogP contribution in [0.25, 0.3) is 11.1 Å². The number of hydrogen-bond donors (Lipinski definition) is 2. The summed E-state index contributed by atoms with van der Waals surface area (Å²) in [6.07, 6.45) is 4.59. The second-order valence-electron chi connectivity index (χ2n) is 9.04. The number of rotatable bonds is 8. The van der Waals surface area contributed by atoms with E-state index in [0.29, 0.717) is 16.8 Å². The minimum Gasteiger partial charge on any atom is -0.508 e. The van der Waals surface area contributed by atoms with Gasteiger partial charge < -0.3 is 14.8 Å². The Bertz CT molecular complexity index is 1540. The Balaban J connectivity index is 1.57. The van der Waals surface area contributed by atoms with Crippen LogP contribution in [0.1, 0.15) is 40.7 Å². The predicted octanol–water partition coefficient (Wildman–Crippen LogP) is 6.31. The summed E-state index contributed by atoms with van der Waals surface area (Å²) in [5.74, 6) is -0.752. The Morgan fingerprint density at radius 3 is 2.23 bits per heavy atom. The number of aromatic hydroxyl groups is 1. The molecule has 0 saturated carbocycles. The second kappa shape index (κ2) is 11.5. The van der Waals surface area contributed by atoms with E-state index in [1.807, 2.05) is 54.6 Å². The molecule has 194 valence electrons. The van der Waals surface area contributed by atoms with Crippen molar-refractivity contribution in [2.24, 2.45) is 0 Å². The first kappa shape index (κ1) is 25.5. The zero-order valence-corrected chi connectivity index (χ0v) is 21.3. The number of phenols is 1. The molecule has 7 heteroatoms. The van der Waals surface area contributed by atoms with Crippen molar-refractivity contribution < 1.29 is 19.1 Å². The molecule has 0 aliphatic carbocycles. The average Bonchev–Trinajstić information content (AvgIpc) is 3.52. The minimum absolute atomic E-state index is 0.0725. The Morgan fingerprint density at radius 2 is 1.56 bits per heavy atom. The number of nitrogens with one attached hydrogen (secondary N) is 1. The van der Waals surface area contributed by atoms with Crippen LogP contribution in [0.4, 0.5) is 5.69 Å². The van der Waals surface area contributed by atoms with Gasteiger partial charge in [0.1, 0.15) is 11.8 Å². The Hall–Kier alpha value is -5.17. The van der Waals surface area contributed by atoms with Gasteiger partial charge in [0.2, 0.25) is 5.91 Å². The van der Waals surface area contributed by atoms with Gasteiger partial charge in [0.15, 0.2) is 5.76 Å². The molecule has 0 aliphatic heterocycles. The number of hydrogen-bond acceptors (Lipinski definition) is 5. The van der Waals surface area contributed by atoms with Crippen molar-refractivity contribution in [1.29, 1.82) is 0 Å². The van der Waals surface area contributed by atoms with Crippen LogP contribution in [0.5, 0.6) is 5.75 Å². The van der Waals surface area contributed by atoms with Gasteiger partial charge in [-0.1, -0.05) is 66.7 Å². The summed E-state index contributed by atoms with van der Waals surface area (Å²) in [5.41, 5.74) is 3.60. The first-order valence-electron chi connectivity index (χ1n) is 12.5. The zero-order valence-electron chi connectivity index (χ0n) is 21.3. The van der Waals surface area contributed by atoms with E-state index >= 15 is 0 Å². The molecule has 0 aliphatic rings. The first-order valence-corrected chi connectivity index (χ1v) is 12.5. The van der Waals surface area contributed by atoms with Crippen molar-refractivity contribution in [2.45, 2.75) is 19.0 Å². The van der Waals surface area contributed by atoms with Crippen LogP contribution in [0.2, 0.25) is 0 Å². The highest BCUT2D eigenvalue weighted by Gasteiger charge is 2.35. The fraction of sp³-hybridized carbons (Fsp3) is 0.0938. The maximum absolute atomic E-state index is 14.0. The van der Waals surface area contributed by atoms with E-state index in [1.54, 1.807) is 67.8 Å². The molecule has 7 nitrogen and oxygen atoms in total. The fourth-order valence-electron chi connectivity index (χ4n) is 4.53. The van der Waals surface area contributed by atoms with Gasteiger partial charge in [0, 0.05) is 29.2 Å². The average molecular weight is 518 g/mol. The lowest BCUT2D eigenvalue weighted by molar-refractivity contribution is -0.123. The molecule has 1 unspecified atom stereocenters. The summed E-state index contributed by atoms with van der Waals surface area (Å²) < 4.78 is 5.45. The molecule has 0 fully saturated rings. The summed E-state index contributed by atoms with van der Waals surface area (Å²) in [4.78, 5) is 33.5. The van der Waals surface area contributed by atoms with E-state index in [1.165, 1.54) is 11.2 Å². The van der Waals surface area contributed by atoms with E-state index in [0.717, 1.165) is 11.1 Å². The Morgan fingerprint density at radius 1 is 0.846 bits per heavy atom. The van der Waals surface area contributed by atoms with Crippen molar-refractivity contribution in [3.05, 3.63) is 139 Å². The molecule has 2 amide bonds. The number of carbonyl (C=O) groups excluding carboxylic acids is 2. The second-order valence-corrected chi connectivity index (χ2v) is 9.04. The topological polar surface area (TPSA) is 95.7 Å². The lowest BCUT2D eigenvalue weighted by Crippen LogP contribution is -2.44. The smallest absolute Gasteiger partial charge is 0.294 e. The number of aromatic nitrogens is 1. The highest BCUT2D eigenvalue weighted by Crippen LogP contribution is 2.33. The molecular formula is C32H27N3O4. The van der Waals surface area contributed by atoms with Gasteiger partial charge in [-0.3, -0.25) is 19.5 Å². The third-order valence-corrected chi connectivity index (χ3v) is 6.47. The molecule has 2 N–H and O–H groups in total. The number of nitrogens with zero attached hydrogens (tertiary/aromatic N) is 2. The highest BCUT2D eigenvalue weighted by atomic mass is 16.3. The third-order valence-electron chi connectivity index (χ3n) is 6.47. The predicted molar refractivity (Wildman–Crippen MR) is 149 cm³/mol. The number of amides is 2. The molecule has 0 spiro atoms. The van der Waals surface area contributed by atoms with E-state index in [9.17, 15) is 14.7 Å². The number of para-hydroxylation sites is 1. The van der Waals surface area contributed by atoms with E-state index in [-0.39, 0.29) is 11.5 Å². The van der Waals surface area contributed by atoms with Gasteiger partial charge in [-0.15, -0.1) is 0 Å². The van der Waals surface area contributed by atoms with Gasteiger partial charge in [0.25, 0.3) is 5.91 Å². The number of benzene rings is 3. The lowest BCUT2D eigenvalue weighted by atomic mass is 10.0. The molecule has 39 heavy (non-hydrogen) atoms. The van der Waals surface area contributed by atoms with Crippen LogP contribution in [0.15, 0.2) is 126 Å². The highest BCUT2D eigenvalue weighted by molar-refractivity contribution is 6.08. The van der Waals surface area contributed by atoms with Gasteiger partial charge in [-0.05, 0) is 54.4 Å². The largest absolute Gasteiger partial charge is 0.508 e. The SMILES string of the molecule is C[C@H](NC(=O)C(c1cccnc1)N(C(=O)c1ccco1)c1ccc(-c2ccccc2)cc1)c1ccccc1O. The quantitative estimate of drug-likeness (QED) is 0.251. The van der Waals surface area contributed by atoms with Crippen LogP contribution in [-0.4, -0.2) is 21.9 Å². The van der Waals surface area contributed by atoms with Crippen molar-refractivity contribution in [2.75, 3.05) is 4.90 Å². The maximum atomic E-state index is 14.0. The van der Waals surface area contributed by atoms with Crippen LogP contribution in [0, 0.1) is 0 Å². The van der Waals surface area contributed by atoms with E-state index < -0.39 is 23.9 Å². The molecule has 0 radical (unpaired) electrons. The summed E-state index contributed by atoms with van der Waals surface area (Å²) in [7, 11) is 0. The molecule has 2 aromatic heterocycles. The van der Waals surface area contributed by atoms with Crippen molar-refractivity contribution in [1.82, 2.24) is 10.3 Å². The van der Waals surface area contributed by atoms with Gasteiger partial charge in [0.05, 0.1) is 12.3 Å². The minimum atomic E-state index is -1.08. The Labute approximate surface area is 226 Å². The van der Waals surface area contributed by atoms with Crippen LogP contribution in [-0.2, 0) is 4.79 Å². The molecule has 2 heterocycles. The fourth-order valence-corrected chi connectivity index (χ4v) is 4.53. The summed E-state index contributed by atoms with van der Waals surface area (Å²) in [6, 6.07) is 29.2.